The Morgan fingerprint density at radius 1 is 1.00 bits per heavy atom. The van der Waals surface area contributed by atoms with E-state index in [1.54, 1.807) is 0 Å². The van der Waals surface area contributed by atoms with Gasteiger partial charge in [-0.2, -0.15) is 11.8 Å². The highest BCUT2D eigenvalue weighted by molar-refractivity contribution is 7.98. The van der Waals surface area contributed by atoms with Crippen molar-refractivity contribution in [2.75, 3.05) is 18.6 Å². The van der Waals surface area contributed by atoms with Crippen LogP contribution in [0.4, 0.5) is 0 Å². The lowest BCUT2D eigenvalue weighted by Gasteiger charge is -2.24. The van der Waals surface area contributed by atoms with Gasteiger partial charge in [-0.25, -0.2) is 9.78 Å². The number of carboxylic acid groups (broad SMARTS) is 2. The van der Waals surface area contributed by atoms with Crippen LogP contribution in [0.25, 0.3) is 0 Å². The Bertz CT molecular complexity index is 869. The number of hydrogen-bond acceptors (Lipinski definition) is 9. The first-order chi connectivity index (χ1) is 17.1. The van der Waals surface area contributed by atoms with Gasteiger partial charge in [0.15, 0.2) is 0 Å². The Labute approximate surface area is 212 Å². The van der Waals surface area contributed by atoms with Crippen molar-refractivity contribution in [2.24, 2.45) is 11.5 Å². The summed E-state index contributed by atoms with van der Waals surface area (Å²) in [5.74, 6) is -4.59. The number of imidazole rings is 1. The molecule has 1 aromatic heterocycles. The summed E-state index contributed by atoms with van der Waals surface area (Å²) in [5.41, 5.74) is 11.8. The van der Waals surface area contributed by atoms with Gasteiger partial charge in [0.2, 0.25) is 17.7 Å². The van der Waals surface area contributed by atoms with Crippen molar-refractivity contribution < 1.29 is 34.2 Å². The summed E-state index contributed by atoms with van der Waals surface area (Å²) in [6.07, 6.45) is 5.51. The molecule has 4 unspecified atom stereocenters. The first kappa shape index (κ1) is 30.9. The van der Waals surface area contributed by atoms with E-state index in [2.05, 4.69) is 25.9 Å². The third kappa shape index (κ3) is 11.5. The average Bonchev–Trinajstić information content (AvgIpc) is 3.33. The Kier molecular flexibility index (Phi) is 14.1. The van der Waals surface area contributed by atoms with E-state index in [1.807, 2.05) is 6.26 Å². The summed E-state index contributed by atoms with van der Waals surface area (Å²) in [7, 11) is 0. The fourth-order valence-corrected chi connectivity index (χ4v) is 3.64. The van der Waals surface area contributed by atoms with E-state index in [4.69, 9.17) is 11.5 Å². The van der Waals surface area contributed by atoms with Gasteiger partial charge < -0.3 is 42.6 Å². The molecule has 14 nitrogen and oxygen atoms in total. The number of nitrogens with two attached hydrogens (primary N) is 2. The Balaban J connectivity index is 2.92. The number of aromatic nitrogens is 2. The van der Waals surface area contributed by atoms with Crippen LogP contribution in [0.2, 0.25) is 0 Å². The molecule has 1 aromatic rings. The van der Waals surface area contributed by atoms with Crippen molar-refractivity contribution in [1.29, 1.82) is 0 Å². The molecule has 0 saturated carbocycles. The number of carbonyl (C=O) groups excluding carboxylic acids is 3. The normalized spacial score (nSPS) is 14.2. The summed E-state index contributed by atoms with van der Waals surface area (Å²) >= 11 is 1.43. The van der Waals surface area contributed by atoms with E-state index >= 15 is 0 Å². The van der Waals surface area contributed by atoms with E-state index in [-0.39, 0.29) is 12.8 Å². The number of carbonyl (C=O) groups is 5. The summed E-state index contributed by atoms with van der Waals surface area (Å²) in [4.78, 5) is 67.7. The summed E-state index contributed by atoms with van der Waals surface area (Å²) in [6, 6.07) is -4.91. The van der Waals surface area contributed by atoms with Crippen molar-refractivity contribution in [1.82, 2.24) is 25.9 Å². The number of nitrogens with one attached hydrogen (secondary N) is 4. The molecule has 4 atom stereocenters. The molecule has 0 aromatic carbocycles. The van der Waals surface area contributed by atoms with Crippen molar-refractivity contribution in [3.63, 3.8) is 0 Å². The number of carboxylic acids is 2. The van der Waals surface area contributed by atoms with Gasteiger partial charge in [-0.15, -0.1) is 0 Å². The van der Waals surface area contributed by atoms with Crippen molar-refractivity contribution in [2.45, 2.75) is 62.7 Å². The molecule has 0 saturated heterocycles. The molecule has 0 aliphatic rings. The number of aromatic amines is 1. The molecule has 202 valence electrons. The van der Waals surface area contributed by atoms with Crippen molar-refractivity contribution in [3.05, 3.63) is 18.2 Å². The van der Waals surface area contributed by atoms with Crippen molar-refractivity contribution in [3.8, 4) is 0 Å². The fourth-order valence-electron chi connectivity index (χ4n) is 3.17. The molecule has 0 radical (unpaired) electrons. The minimum atomic E-state index is -1.58. The molecule has 3 amide bonds. The maximum absolute atomic E-state index is 12.9. The molecule has 10 N–H and O–H groups in total. The number of nitrogens with zero attached hydrogens (tertiary/aromatic N) is 1. The molecule has 0 aliphatic carbocycles. The Morgan fingerprint density at radius 3 is 2.19 bits per heavy atom. The van der Waals surface area contributed by atoms with Crippen LogP contribution in [0.3, 0.4) is 0 Å². The first-order valence-corrected chi connectivity index (χ1v) is 12.8. The van der Waals surface area contributed by atoms with Gasteiger partial charge in [0, 0.05) is 18.3 Å². The highest BCUT2D eigenvalue weighted by atomic mass is 32.2. The standard InChI is InChI=1S/C21H35N7O7S/c1-36-7-5-14(26-18(31)13(23)4-2-3-6-22)19(32)27-15(9-17(29)30)20(33)28-16(21(34)35)8-12-10-24-11-25-12/h10-11,13-16H,2-9,22-23H2,1H3,(H,24,25)(H,26,31)(H,27,32)(H,28,33)(H,29,30)(H,34,35). The van der Waals surface area contributed by atoms with Gasteiger partial charge in [-0.3, -0.25) is 19.2 Å². The van der Waals surface area contributed by atoms with Crippen LogP contribution >= 0.6 is 11.8 Å². The van der Waals surface area contributed by atoms with Crippen LogP contribution in [0, 0.1) is 0 Å². The number of H-pyrrole nitrogens is 1. The summed E-state index contributed by atoms with van der Waals surface area (Å²) < 4.78 is 0. The zero-order chi connectivity index (χ0) is 27.1. The number of aliphatic carboxylic acids is 2. The summed E-state index contributed by atoms with van der Waals surface area (Å²) in [6.45, 7) is 0.463. The van der Waals surface area contributed by atoms with Crippen LogP contribution in [0.15, 0.2) is 12.5 Å². The molecule has 36 heavy (non-hydrogen) atoms. The van der Waals surface area contributed by atoms with Gasteiger partial charge in [0.1, 0.15) is 18.1 Å². The average molecular weight is 530 g/mol. The van der Waals surface area contributed by atoms with Crippen LogP contribution in [0.1, 0.15) is 37.8 Å². The fraction of sp³-hybridized carbons (Fsp3) is 0.619. The molecule has 15 heteroatoms. The number of thioether (sulfide) groups is 1. The van der Waals surface area contributed by atoms with Crippen LogP contribution in [-0.2, 0) is 30.4 Å². The summed E-state index contributed by atoms with van der Waals surface area (Å²) in [5, 5.41) is 25.8. The molecule has 0 spiro atoms. The predicted molar refractivity (Wildman–Crippen MR) is 132 cm³/mol. The molecule has 1 heterocycles. The maximum atomic E-state index is 12.9. The minimum Gasteiger partial charge on any atom is -0.481 e. The van der Waals surface area contributed by atoms with Gasteiger partial charge in [-0.1, -0.05) is 6.42 Å². The minimum absolute atomic E-state index is 0.136. The largest absolute Gasteiger partial charge is 0.481 e. The molecule has 0 aliphatic heterocycles. The lowest BCUT2D eigenvalue weighted by atomic mass is 10.1. The molecule has 0 fully saturated rings. The first-order valence-electron chi connectivity index (χ1n) is 11.4. The zero-order valence-corrected chi connectivity index (χ0v) is 20.9. The van der Waals surface area contributed by atoms with E-state index in [1.165, 1.54) is 24.3 Å². The highest BCUT2D eigenvalue weighted by Gasteiger charge is 2.31. The van der Waals surface area contributed by atoms with E-state index in [0.29, 0.717) is 37.3 Å². The molecule has 0 bridgehead atoms. The quantitative estimate of drug-likeness (QED) is 0.0983. The lowest BCUT2D eigenvalue weighted by Crippen LogP contribution is -2.57. The smallest absolute Gasteiger partial charge is 0.326 e. The van der Waals surface area contributed by atoms with Gasteiger partial charge in [0.25, 0.3) is 0 Å². The van der Waals surface area contributed by atoms with E-state index in [9.17, 15) is 34.2 Å². The SMILES string of the molecule is CSCCC(NC(=O)C(N)CCCCN)C(=O)NC(CC(=O)O)C(=O)NC(Cc1cnc[nH]1)C(=O)O. The van der Waals surface area contributed by atoms with Crippen LogP contribution in [-0.4, -0.2) is 92.6 Å². The second kappa shape index (κ2) is 16.5. The van der Waals surface area contributed by atoms with Gasteiger partial charge >= 0.3 is 11.9 Å². The maximum Gasteiger partial charge on any atom is 0.326 e. The predicted octanol–water partition coefficient (Wildman–Crippen LogP) is -1.82. The van der Waals surface area contributed by atoms with Crippen molar-refractivity contribution >= 4 is 41.4 Å². The number of rotatable bonds is 18. The number of hydrogen-bond donors (Lipinski definition) is 8. The molecule has 1 rings (SSSR count). The highest BCUT2D eigenvalue weighted by Crippen LogP contribution is 2.06. The lowest BCUT2D eigenvalue weighted by molar-refractivity contribution is -0.143. The monoisotopic (exact) mass is 529 g/mol. The van der Waals surface area contributed by atoms with Crippen LogP contribution < -0.4 is 27.4 Å². The second-order valence-corrected chi connectivity index (χ2v) is 9.06. The van der Waals surface area contributed by atoms with Gasteiger partial charge in [-0.05, 0) is 37.8 Å². The third-order valence-electron chi connectivity index (χ3n) is 5.15. The van der Waals surface area contributed by atoms with E-state index in [0.717, 1.165) is 0 Å². The van der Waals surface area contributed by atoms with E-state index < -0.39 is 60.2 Å². The van der Waals surface area contributed by atoms with Crippen LogP contribution in [0.5, 0.6) is 0 Å². The Morgan fingerprint density at radius 2 is 1.64 bits per heavy atom. The molecular weight excluding hydrogens is 494 g/mol. The van der Waals surface area contributed by atoms with Gasteiger partial charge in [0.05, 0.1) is 18.8 Å². The molecular formula is C21H35N7O7S. The second-order valence-electron chi connectivity index (χ2n) is 8.07. The number of unbranched alkanes of at least 4 members (excludes halogenated alkanes) is 1. The topological polar surface area (TPSA) is 243 Å². The number of amides is 3. The Hall–Kier alpha value is -3.17. The zero-order valence-electron chi connectivity index (χ0n) is 20.1. The third-order valence-corrected chi connectivity index (χ3v) is 5.80.